The van der Waals surface area contributed by atoms with Gasteiger partial charge >= 0.3 is 17.9 Å². The number of urea groups is 1. The van der Waals surface area contributed by atoms with Crippen molar-refractivity contribution in [2.45, 2.75) is 96.1 Å². The van der Waals surface area contributed by atoms with Crippen molar-refractivity contribution in [2.24, 2.45) is 0 Å². The molecule has 3 atom stereocenters. The van der Waals surface area contributed by atoms with Crippen molar-refractivity contribution in [2.75, 3.05) is 13.1 Å². The molecule has 2 aliphatic rings. The molecule has 0 bridgehead atoms. The average molecular weight is 824 g/mol. The molecule has 14 heteroatoms. The summed E-state index contributed by atoms with van der Waals surface area (Å²) < 4.78 is 74.3. The molecule has 4 heterocycles. The molecule has 2 saturated heterocycles. The first-order chi connectivity index (χ1) is 21.0. The minimum atomic E-state index is -4.82. The van der Waals surface area contributed by atoms with Crippen LogP contribution in [0.15, 0.2) is 29.2 Å². The van der Waals surface area contributed by atoms with Gasteiger partial charge < -0.3 is 15.1 Å². The lowest BCUT2D eigenvalue weighted by Gasteiger charge is -2.47. The van der Waals surface area contributed by atoms with Crippen molar-refractivity contribution >= 4 is 23.1 Å². The van der Waals surface area contributed by atoms with E-state index in [1.165, 1.54) is 31.7 Å². The number of hydrogen-bond acceptors (Lipinski definition) is 4. The zero-order chi connectivity index (χ0) is 33.0. The van der Waals surface area contributed by atoms with E-state index in [-0.39, 0.29) is 181 Å². The normalized spacial score (nSPS) is 22.0. The number of aromatic nitrogens is 3. The summed E-state index contributed by atoms with van der Waals surface area (Å²) in [6.45, 7) is 7.17. The fraction of sp³-hybridized carbons (Fsp3) is 0.548. The topological polar surface area (TPSA) is 103 Å². The smallest absolute Gasteiger partial charge is 0.326 e. The number of rotatable bonds is 4. The summed E-state index contributed by atoms with van der Waals surface area (Å²) in [5, 5.41) is 2.64. The van der Waals surface area contributed by atoms with Gasteiger partial charge in [0.05, 0.1) is 5.52 Å². The van der Waals surface area contributed by atoms with Gasteiger partial charge in [0.1, 0.15) is 12.1 Å². The van der Waals surface area contributed by atoms with Crippen LogP contribution in [0.2, 0.25) is 0 Å². The van der Waals surface area contributed by atoms with Crippen molar-refractivity contribution in [3.63, 3.8) is 0 Å². The van der Waals surface area contributed by atoms with E-state index in [0.29, 0.717) is 34.5 Å². The van der Waals surface area contributed by atoms with E-state index in [4.69, 9.17) is 0 Å². The SMILES string of the molecule is Cc1cc(C2CC[C@@H](NC(=O)N3CCC(n4c(=O)[nH]c5ncccc54)CC3)C(=O)N(C(C)C(F)(F)F)C2(C)C)c(F)c(F)c1C.[HH].[HH].[HH].[HH].[HH].[HH].[HH].[HH].[HH].[HH].[HH].[HH].[HH].[HH].[HH].[HH].[HH].[HH].[HH].[HH].[HH].[HH].[HH].[HH].[HH].[HH].[HH].[HH].[HH].[HH].[HH].[HH].[HH].[HH].[HH].[HH].[HH].[HH].[HH].[HH].[HH].[HH].[HH].[HH].[HH].[HH].[HH].[HH].[HH].[HH].[HH].[HH].[HH].[HH].[HH].[HH].[HH].[HH].[HH].[HH].[HH].[HH].[HH].[HH].[HH].[HH].[HH].[HH].[HH].[HH].[HH].[HH].[HH].[HH].[HH].[HH].[HH].[HH].[HH].[HH].[HH].[HH].[HH].[HH].[HH].[HH].[HH].[HH].[HH].[HH].[HH].[HH].[HH]. The molecule has 45 heavy (non-hydrogen) atoms. The van der Waals surface area contributed by atoms with Crippen molar-refractivity contribution in [3.05, 3.63) is 63.2 Å². The highest BCUT2D eigenvalue weighted by Gasteiger charge is 2.53. The minimum Gasteiger partial charge on any atom is -0.326 e. The highest BCUT2D eigenvalue weighted by atomic mass is 19.4. The molecule has 9 nitrogen and oxygen atoms in total. The lowest BCUT2D eigenvalue weighted by atomic mass is 9.77. The van der Waals surface area contributed by atoms with Gasteiger partial charge in [-0.3, -0.25) is 14.3 Å². The Balaban J connectivity index is -0.00000000297. The standard InChI is InChI=1S/C31H37F5N6O3.93H2/c1-16-15-20(25(33)24(32)17(16)2)21-8-9-22(27(43)42(30(21,4)5)18(3)31(34,35)36)38-28(44)40-13-10-19(11-14-40)41-23-7-6-12-37-26(23)39-29(41)45;;;;;;;;;;;;;;;;;;;;;;;;;;;;;;;;;;;;;;;;;;;;;;;;;;;;;;;;;;;;;;;;;;;;;;;;;;;;;;;;;;;;;;;;;;;;;/h6-7,12,15,18-19,21-22H,8-11,13-14H2,1-5H3,(H,38,44)(H,37,39,45);93*1H/t18?,21?,22-;;;;;;;;;;;;;;;;;;;;;;;;;;;;;;;;;;;;;;;;;;;;;;;;;;;;;;;;;;;;;;;;;;;;;;;;;;;;;;;;;;;;;;;;;;;;;/m1............................................................................................./s1. The van der Waals surface area contributed by atoms with E-state index < -0.39 is 53.3 Å². The predicted molar refractivity (Wildman–Crippen MR) is 353 cm³/mol. The van der Waals surface area contributed by atoms with E-state index in [9.17, 15) is 31.9 Å². The Morgan fingerprint density at radius 2 is 1.78 bits per heavy atom. The van der Waals surface area contributed by atoms with Crippen LogP contribution in [0.3, 0.4) is 0 Å². The summed E-state index contributed by atoms with van der Waals surface area (Å²) in [5.74, 6) is -4.18. The van der Waals surface area contributed by atoms with Crippen molar-refractivity contribution in [3.8, 4) is 0 Å². The Morgan fingerprint density at radius 3 is 2.42 bits per heavy atom. The molecule has 0 aliphatic carbocycles. The maximum atomic E-state index is 15.4. The van der Waals surface area contributed by atoms with Crippen LogP contribution in [0.5, 0.6) is 0 Å². The van der Waals surface area contributed by atoms with Gasteiger partial charge in [-0.1, -0.05) is 6.07 Å². The highest BCUT2D eigenvalue weighted by Crippen LogP contribution is 2.45. The van der Waals surface area contributed by atoms with Crippen molar-refractivity contribution < 1.29 is 164 Å². The first-order valence-electron chi connectivity index (χ1n) is 15.0. The number of fused-ring (bicyclic) bond motifs is 1. The van der Waals surface area contributed by atoms with Crippen molar-refractivity contribution in [1.29, 1.82) is 0 Å². The molecule has 2 aliphatic heterocycles. The second-order valence-corrected chi connectivity index (χ2v) is 12.6. The molecule has 0 radical (unpaired) electrons. The number of nitrogens with zero attached hydrogens (tertiary/aromatic N) is 4. The van der Waals surface area contributed by atoms with E-state index in [1.807, 2.05) is 0 Å². The number of likely N-dealkylation sites (tertiary alicyclic amines) is 2. The summed E-state index contributed by atoms with van der Waals surface area (Å²) >= 11 is 0. The molecule has 5 rings (SSSR count). The van der Waals surface area contributed by atoms with Gasteiger partial charge in [0, 0.05) is 169 Å². The molecular formula is C31H223F5N6O3. The van der Waals surface area contributed by atoms with Gasteiger partial charge in [0.15, 0.2) is 17.3 Å². The number of aromatic amines is 1. The monoisotopic (exact) mass is 824 g/mol. The summed E-state index contributed by atoms with van der Waals surface area (Å²) in [6, 6.07) is 0.496. The second kappa shape index (κ2) is 11.8. The number of piperidine rings is 1. The Morgan fingerprint density at radius 1 is 1.11 bits per heavy atom. The molecule has 0 saturated carbocycles. The van der Waals surface area contributed by atoms with Crippen LogP contribution in [-0.2, 0) is 4.79 Å². The first kappa shape index (κ1) is 32.4. The molecule has 0 spiro atoms. The fourth-order valence-electron chi connectivity index (χ4n) is 6.95. The number of carbonyl (C=O) groups is 2. The summed E-state index contributed by atoms with van der Waals surface area (Å²) in [4.78, 5) is 48.9. The summed E-state index contributed by atoms with van der Waals surface area (Å²) in [7, 11) is 0. The number of hydrogen-bond donors (Lipinski definition) is 2. The van der Waals surface area contributed by atoms with Gasteiger partial charge in [0.25, 0.3) is 0 Å². The van der Waals surface area contributed by atoms with Gasteiger partial charge in [-0.25, -0.2) is 23.4 Å². The third-order valence-corrected chi connectivity index (χ3v) is 9.63. The fourth-order valence-corrected chi connectivity index (χ4v) is 6.95. The van der Waals surface area contributed by atoms with Crippen LogP contribution in [-0.4, -0.2) is 73.2 Å². The molecule has 430 valence electrons. The molecule has 2 unspecified atom stereocenters. The molecular weight excluding hydrogens is 599 g/mol. The Labute approximate surface area is 394 Å². The number of nitrogens with one attached hydrogen (secondary N) is 2. The predicted octanol–water partition coefficient (Wildman–Crippen LogP) is 28.3. The number of H-pyrrole nitrogens is 1. The lowest BCUT2D eigenvalue weighted by molar-refractivity contribution is -0.198. The van der Waals surface area contributed by atoms with E-state index >= 15 is 4.39 Å². The number of amides is 3. The zero-order valence-corrected chi connectivity index (χ0v) is 25.8. The molecule has 2 N–H and O–H groups in total. The van der Waals surface area contributed by atoms with E-state index in [0.717, 1.165) is 6.92 Å². The minimum absolute atomic E-state index is 0. The van der Waals surface area contributed by atoms with Gasteiger partial charge in [-0.2, -0.15) is 13.2 Å². The van der Waals surface area contributed by atoms with Crippen LogP contribution in [0, 0.1) is 25.5 Å². The molecule has 3 amide bonds. The number of halogens is 5. The summed E-state index contributed by atoms with van der Waals surface area (Å²) in [5.41, 5.74) is -0.386. The number of alkyl halides is 3. The zero-order valence-electron chi connectivity index (χ0n) is 25.8. The van der Waals surface area contributed by atoms with E-state index in [1.54, 1.807) is 29.8 Å². The van der Waals surface area contributed by atoms with Crippen LogP contribution in [0.25, 0.3) is 11.2 Å². The molecule has 2 aromatic heterocycles. The highest BCUT2D eigenvalue weighted by molar-refractivity contribution is 5.88. The number of aryl methyl sites for hydroxylation is 1. The maximum Gasteiger partial charge on any atom is 0.408 e. The molecule has 2 fully saturated rings. The number of imidazole rings is 1. The number of benzene rings is 1. The third-order valence-electron chi connectivity index (χ3n) is 9.63. The van der Waals surface area contributed by atoms with Crippen molar-refractivity contribution in [1.82, 2.24) is 29.7 Å². The average Bonchev–Trinajstić information content (AvgIpc) is 3.28. The van der Waals surface area contributed by atoms with Gasteiger partial charge in [-0.15, -0.1) is 0 Å². The first-order valence-corrected chi connectivity index (χ1v) is 15.0. The van der Waals surface area contributed by atoms with Gasteiger partial charge in [0.2, 0.25) is 5.91 Å². The Bertz CT molecular complexity index is 1800. The lowest BCUT2D eigenvalue weighted by Crippen LogP contribution is -2.62. The quantitative estimate of drug-likeness (QED) is 0.256. The van der Waals surface area contributed by atoms with E-state index in [2.05, 4.69) is 15.3 Å². The van der Waals surface area contributed by atoms with Gasteiger partial charge in [-0.05, 0) is 89.1 Å². The van der Waals surface area contributed by atoms with Crippen LogP contribution >= 0.6 is 0 Å². The Kier molecular flexibility index (Phi) is 8.47. The van der Waals surface area contributed by atoms with Crippen LogP contribution < -0.4 is 11.0 Å². The largest absolute Gasteiger partial charge is 0.408 e. The second-order valence-electron chi connectivity index (χ2n) is 12.6. The number of pyridine rings is 1. The maximum absolute atomic E-state index is 15.4. The van der Waals surface area contributed by atoms with Crippen LogP contribution in [0.1, 0.15) is 208 Å². The Hall–Kier alpha value is -3.97. The molecule has 3 aromatic rings. The number of carbonyl (C=O) groups excluding carboxylic acids is 2. The third kappa shape index (κ3) is 5.79. The molecule has 1 aromatic carbocycles. The summed E-state index contributed by atoms with van der Waals surface area (Å²) in [6.07, 6.45) is -2.46. The van der Waals surface area contributed by atoms with Crippen LogP contribution in [0.4, 0.5) is 26.7 Å².